The Morgan fingerprint density at radius 2 is 1.81 bits per heavy atom. The van der Waals surface area contributed by atoms with Crippen molar-refractivity contribution < 1.29 is 14.3 Å². The van der Waals surface area contributed by atoms with E-state index in [4.69, 9.17) is 4.74 Å². The number of hydrogen-bond acceptors (Lipinski definition) is 3. The van der Waals surface area contributed by atoms with Gasteiger partial charge in [-0.2, -0.15) is 0 Å². The zero-order chi connectivity index (χ0) is 22.2. The van der Waals surface area contributed by atoms with Crippen LogP contribution in [0.3, 0.4) is 0 Å². The molecular formula is C26H38N2O3. The highest BCUT2D eigenvalue weighted by Gasteiger charge is 2.62. The number of esters is 1. The number of amides is 2. The lowest BCUT2D eigenvalue weighted by atomic mass is 9.70. The first-order chi connectivity index (χ1) is 14.7. The minimum Gasteiger partial charge on any atom is -0.460 e. The van der Waals surface area contributed by atoms with Crippen molar-refractivity contribution in [2.45, 2.75) is 91.2 Å². The molecule has 31 heavy (non-hydrogen) atoms. The van der Waals surface area contributed by atoms with E-state index in [1.807, 2.05) is 31.2 Å². The van der Waals surface area contributed by atoms with Crippen molar-refractivity contribution in [3.05, 3.63) is 29.8 Å². The first-order valence-corrected chi connectivity index (χ1v) is 12.0. The van der Waals surface area contributed by atoms with E-state index in [9.17, 15) is 9.59 Å². The van der Waals surface area contributed by atoms with Gasteiger partial charge in [0.05, 0.1) is 0 Å². The third-order valence-electron chi connectivity index (χ3n) is 8.95. The number of carbonyl (C=O) groups excluding carboxylic acids is 2. The predicted octanol–water partition coefficient (Wildman–Crippen LogP) is 5.92. The van der Waals surface area contributed by atoms with Crippen molar-refractivity contribution in [2.75, 3.05) is 11.9 Å². The fourth-order valence-electron chi connectivity index (χ4n) is 6.30. The minimum absolute atomic E-state index is 0.0278. The molecule has 0 heterocycles. The van der Waals surface area contributed by atoms with E-state index < -0.39 is 0 Å². The summed E-state index contributed by atoms with van der Waals surface area (Å²) in [5, 5.41) is 3.03. The van der Waals surface area contributed by atoms with Crippen molar-refractivity contribution in [3.8, 4) is 0 Å². The van der Waals surface area contributed by atoms with E-state index in [0.29, 0.717) is 5.92 Å². The molecule has 3 saturated carbocycles. The van der Waals surface area contributed by atoms with Gasteiger partial charge in [0.2, 0.25) is 0 Å². The van der Waals surface area contributed by atoms with Crippen molar-refractivity contribution in [3.63, 3.8) is 0 Å². The molecule has 2 amide bonds. The van der Waals surface area contributed by atoms with E-state index in [2.05, 4.69) is 26.1 Å². The number of fused-ring (bicyclic) bond motifs is 2. The smallest absolute Gasteiger partial charge is 0.326 e. The van der Waals surface area contributed by atoms with Crippen LogP contribution in [0.4, 0.5) is 10.5 Å². The molecule has 5 heteroatoms. The van der Waals surface area contributed by atoms with Crippen LogP contribution < -0.4 is 5.32 Å². The number of nitrogens with zero attached hydrogens (tertiary/aromatic N) is 1. The lowest BCUT2D eigenvalue weighted by Crippen LogP contribution is -2.48. The first-order valence-electron chi connectivity index (χ1n) is 12.0. The van der Waals surface area contributed by atoms with Gasteiger partial charge in [0.25, 0.3) is 0 Å². The van der Waals surface area contributed by atoms with Gasteiger partial charge in [0, 0.05) is 17.1 Å². The second-order valence-electron chi connectivity index (χ2n) is 10.8. The van der Waals surface area contributed by atoms with E-state index in [1.54, 1.807) is 4.90 Å². The summed E-state index contributed by atoms with van der Waals surface area (Å²) in [7, 11) is 0. The number of benzene rings is 1. The summed E-state index contributed by atoms with van der Waals surface area (Å²) in [6, 6.07) is 7.66. The maximum Gasteiger partial charge on any atom is 0.326 e. The molecule has 5 nitrogen and oxygen atoms in total. The van der Waals surface area contributed by atoms with Crippen LogP contribution in [-0.4, -0.2) is 35.6 Å². The highest BCUT2D eigenvalue weighted by atomic mass is 16.5. The summed E-state index contributed by atoms with van der Waals surface area (Å²) in [6.07, 6.45) is 8.55. The Morgan fingerprint density at radius 3 is 2.42 bits per heavy atom. The van der Waals surface area contributed by atoms with Crippen LogP contribution >= 0.6 is 0 Å². The molecule has 3 fully saturated rings. The molecule has 3 atom stereocenters. The minimum atomic E-state index is -0.264. The molecule has 0 aromatic heterocycles. The molecule has 1 N–H and O–H groups in total. The number of rotatable bonds is 5. The molecule has 0 aliphatic heterocycles. The van der Waals surface area contributed by atoms with Gasteiger partial charge >= 0.3 is 12.0 Å². The number of aryl methyl sites for hydroxylation is 1. The van der Waals surface area contributed by atoms with E-state index >= 15 is 0 Å². The Bertz CT molecular complexity index is 830. The molecule has 2 bridgehead atoms. The second kappa shape index (κ2) is 8.48. The van der Waals surface area contributed by atoms with Crippen LogP contribution in [0.5, 0.6) is 0 Å². The maximum atomic E-state index is 13.2. The topological polar surface area (TPSA) is 58.6 Å². The Balaban J connectivity index is 1.45. The Kier molecular flexibility index (Phi) is 6.06. The lowest BCUT2D eigenvalue weighted by molar-refractivity contribution is -0.158. The predicted molar refractivity (Wildman–Crippen MR) is 123 cm³/mol. The first kappa shape index (κ1) is 22.2. The molecule has 4 rings (SSSR count). The lowest BCUT2D eigenvalue weighted by Gasteiger charge is -2.39. The number of urea groups is 1. The van der Waals surface area contributed by atoms with Gasteiger partial charge in [-0.3, -0.25) is 4.79 Å². The monoisotopic (exact) mass is 426 g/mol. The van der Waals surface area contributed by atoms with Crippen molar-refractivity contribution >= 4 is 17.7 Å². The number of ether oxygens (including phenoxy) is 1. The van der Waals surface area contributed by atoms with Gasteiger partial charge in [-0.1, -0.05) is 58.2 Å². The van der Waals surface area contributed by atoms with Crippen LogP contribution in [0.1, 0.15) is 77.7 Å². The molecule has 3 aliphatic rings. The fourth-order valence-corrected chi connectivity index (χ4v) is 6.30. The number of hydrogen-bond donors (Lipinski definition) is 1. The highest BCUT2D eigenvalue weighted by Crippen LogP contribution is 2.66. The Morgan fingerprint density at radius 1 is 1.10 bits per heavy atom. The number of anilines is 1. The molecule has 0 spiro atoms. The zero-order valence-corrected chi connectivity index (χ0v) is 19.6. The molecular weight excluding hydrogens is 388 g/mol. The summed E-state index contributed by atoms with van der Waals surface area (Å²) < 4.78 is 6.07. The fraction of sp³-hybridized carbons (Fsp3) is 0.692. The van der Waals surface area contributed by atoms with Crippen molar-refractivity contribution in [2.24, 2.45) is 16.7 Å². The van der Waals surface area contributed by atoms with Gasteiger partial charge in [-0.25, -0.2) is 4.79 Å². The summed E-state index contributed by atoms with van der Waals surface area (Å²) in [5.74, 6) is 0.356. The summed E-state index contributed by atoms with van der Waals surface area (Å²) in [4.78, 5) is 28.0. The van der Waals surface area contributed by atoms with E-state index in [-0.39, 0.29) is 41.5 Å². The van der Waals surface area contributed by atoms with Gasteiger partial charge in [0.1, 0.15) is 12.6 Å². The van der Waals surface area contributed by atoms with Gasteiger partial charge in [-0.15, -0.1) is 0 Å². The van der Waals surface area contributed by atoms with Gasteiger partial charge in [0.15, 0.2) is 0 Å². The molecule has 0 radical (unpaired) electrons. The van der Waals surface area contributed by atoms with E-state index in [0.717, 1.165) is 49.8 Å². The van der Waals surface area contributed by atoms with Crippen LogP contribution in [0.25, 0.3) is 0 Å². The van der Waals surface area contributed by atoms with E-state index in [1.165, 1.54) is 12.8 Å². The largest absolute Gasteiger partial charge is 0.460 e. The van der Waals surface area contributed by atoms with Crippen LogP contribution in [0.2, 0.25) is 0 Å². The normalized spacial score (nSPS) is 29.5. The van der Waals surface area contributed by atoms with Gasteiger partial charge in [-0.05, 0) is 62.0 Å². The van der Waals surface area contributed by atoms with Crippen molar-refractivity contribution in [1.82, 2.24) is 4.90 Å². The molecule has 0 saturated heterocycles. The van der Waals surface area contributed by atoms with Crippen LogP contribution in [0.15, 0.2) is 24.3 Å². The number of carbonyl (C=O) groups is 2. The Hall–Kier alpha value is -2.04. The Labute approximate surface area is 186 Å². The summed E-state index contributed by atoms with van der Waals surface area (Å²) >= 11 is 0. The highest BCUT2D eigenvalue weighted by molar-refractivity contribution is 5.92. The maximum absolute atomic E-state index is 13.2. The summed E-state index contributed by atoms with van der Waals surface area (Å²) in [6.45, 7) is 8.93. The third-order valence-corrected chi connectivity index (χ3v) is 8.95. The number of para-hydroxylation sites is 1. The van der Waals surface area contributed by atoms with Crippen LogP contribution in [-0.2, 0) is 9.53 Å². The van der Waals surface area contributed by atoms with Gasteiger partial charge < -0.3 is 15.0 Å². The standard InChI is InChI=1S/C26H38N2O3/c1-18-10-8-9-13-21(18)27-24(30)28(20-11-6-5-7-12-20)17-23(29)31-22-16-19-14-15-26(22,4)25(19,2)3/h8-10,13,19-20,22H,5-7,11-12,14-17H2,1-4H3,(H,27,30). The molecule has 170 valence electrons. The molecule has 1 aromatic rings. The van der Waals surface area contributed by atoms with Crippen LogP contribution in [0, 0.1) is 23.7 Å². The third kappa shape index (κ3) is 4.08. The zero-order valence-electron chi connectivity index (χ0n) is 19.6. The average molecular weight is 427 g/mol. The number of nitrogens with one attached hydrogen (secondary N) is 1. The molecule has 3 unspecified atom stereocenters. The molecule has 1 aromatic carbocycles. The summed E-state index contributed by atoms with van der Waals surface area (Å²) in [5.41, 5.74) is 2.04. The molecule has 3 aliphatic carbocycles. The van der Waals surface area contributed by atoms with Crippen molar-refractivity contribution in [1.29, 1.82) is 0 Å². The second-order valence-corrected chi connectivity index (χ2v) is 10.8. The average Bonchev–Trinajstić information content (AvgIpc) is 3.08. The quantitative estimate of drug-likeness (QED) is 0.595. The SMILES string of the molecule is Cc1ccccc1NC(=O)N(CC(=O)OC1CC2CCC1(C)C2(C)C)C1CCCCC1.